The van der Waals surface area contributed by atoms with Crippen LogP contribution in [-0.2, 0) is 14.4 Å². The molecule has 0 spiro atoms. The predicted molar refractivity (Wildman–Crippen MR) is 96.9 cm³/mol. The fraction of sp³-hybridized carbons (Fsp3) is 0.318. The van der Waals surface area contributed by atoms with E-state index in [0.717, 1.165) is 22.3 Å². The number of ketones is 1. The van der Waals surface area contributed by atoms with Crippen molar-refractivity contribution in [3.63, 3.8) is 0 Å². The van der Waals surface area contributed by atoms with Gasteiger partial charge in [-0.2, -0.15) is 0 Å². The van der Waals surface area contributed by atoms with E-state index in [2.05, 4.69) is 0 Å². The molecule has 0 aromatic heterocycles. The van der Waals surface area contributed by atoms with E-state index in [1.807, 2.05) is 56.3 Å². The van der Waals surface area contributed by atoms with E-state index in [4.69, 9.17) is 0 Å². The van der Waals surface area contributed by atoms with Gasteiger partial charge >= 0.3 is 0 Å². The van der Waals surface area contributed by atoms with E-state index in [-0.39, 0.29) is 23.5 Å². The van der Waals surface area contributed by atoms with Crippen LogP contribution in [0.3, 0.4) is 0 Å². The van der Waals surface area contributed by atoms with Crippen molar-refractivity contribution in [3.8, 4) is 0 Å². The van der Waals surface area contributed by atoms with Crippen molar-refractivity contribution in [1.29, 1.82) is 0 Å². The summed E-state index contributed by atoms with van der Waals surface area (Å²) in [5.41, 5.74) is 4.65. The Kier molecular flexibility index (Phi) is 3.06. The zero-order chi connectivity index (χ0) is 18.2. The van der Waals surface area contributed by atoms with Crippen LogP contribution in [-0.4, -0.2) is 17.6 Å². The number of nitrogens with zero attached hydrogens (tertiary/aromatic N) is 1. The molecule has 2 aromatic carbocycles. The van der Waals surface area contributed by atoms with Crippen LogP contribution in [0.2, 0.25) is 0 Å². The van der Waals surface area contributed by atoms with Gasteiger partial charge in [-0.3, -0.25) is 14.4 Å². The Morgan fingerprint density at radius 1 is 0.846 bits per heavy atom. The molecule has 26 heavy (non-hydrogen) atoms. The van der Waals surface area contributed by atoms with Crippen LogP contribution in [0.4, 0.5) is 5.69 Å². The highest BCUT2D eigenvalue weighted by atomic mass is 16.2. The maximum Gasteiger partial charge on any atom is 0.238 e. The zero-order valence-corrected chi connectivity index (χ0v) is 14.7. The summed E-state index contributed by atoms with van der Waals surface area (Å²) < 4.78 is 0. The Morgan fingerprint density at radius 3 is 2.31 bits per heavy atom. The average Bonchev–Trinajstić information content (AvgIpc) is 2.90. The van der Waals surface area contributed by atoms with E-state index in [0.29, 0.717) is 12.1 Å². The summed E-state index contributed by atoms with van der Waals surface area (Å²) in [6.45, 7) is 3.90. The van der Waals surface area contributed by atoms with Crippen molar-refractivity contribution in [3.05, 3.63) is 64.7 Å². The summed E-state index contributed by atoms with van der Waals surface area (Å²) in [6.07, 6.45) is 0.364. The smallest absolute Gasteiger partial charge is 0.238 e. The Hall–Kier alpha value is -2.75. The number of hydrogen-bond donors (Lipinski definition) is 0. The fourth-order valence-electron chi connectivity index (χ4n) is 5.17. The number of Topliss-reactive ketones (excluding diaryl/α,β-unsaturated/α-hetero) is 1. The lowest BCUT2D eigenvalue weighted by molar-refractivity contribution is -0.134. The molecule has 0 N–H and O–H groups in total. The van der Waals surface area contributed by atoms with E-state index in [1.165, 1.54) is 4.90 Å². The van der Waals surface area contributed by atoms with Crippen LogP contribution >= 0.6 is 0 Å². The monoisotopic (exact) mass is 345 g/mol. The van der Waals surface area contributed by atoms with Gasteiger partial charge < -0.3 is 0 Å². The maximum atomic E-state index is 13.3. The molecule has 2 aromatic rings. The summed E-state index contributed by atoms with van der Waals surface area (Å²) in [5, 5.41) is 0. The lowest BCUT2D eigenvalue weighted by Crippen LogP contribution is -2.44. The van der Waals surface area contributed by atoms with E-state index in [9.17, 15) is 14.4 Å². The molecule has 130 valence electrons. The molecule has 1 saturated heterocycles. The molecule has 4 atom stereocenters. The van der Waals surface area contributed by atoms with Crippen molar-refractivity contribution < 1.29 is 14.4 Å². The van der Waals surface area contributed by atoms with Crippen LogP contribution in [0.5, 0.6) is 0 Å². The molecular formula is C22H19NO3. The highest BCUT2D eigenvalue weighted by Crippen LogP contribution is 2.57. The second-order valence-electron chi connectivity index (χ2n) is 7.67. The Balaban J connectivity index is 1.68. The molecular weight excluding hydrogens is 326 g/mol. The second-order valence-corrected chi connectivity index (χ2v) is 7.67. The molecule has 4 heteroatoms. The Morgan fingerprint density at radius 2 is 1.54 bits per heavy atom. The maximum absolute atomic E-state index is 13.3. The lowest BCUT2D eigenvalue weighted by atomic mass is 9.56. The highest BCUT2D eigenvalue weighted by molar-refractivity contribution is 6.25. The van der Waals surface area contributed by atoms with Gasteiger partial charge in [-0.1, -0.05) is 36.4 Å². The number of amides is 2. The number of carbonyl (C=O) groups excluding carboxylic acids is 3. The van der Waals surface area contributed by atoms with Crippen LogP contribution in [0.15, 0.2) is 42.5 Å². The first-order valence-corrected chi connectivity index (χ1v) is 9.06. The molecule has 4 aliphatic rings. The van der Waals surface area contributed by atoms with Gasteiger partial charge in [0.15, 0.2) is 0 Å². The fourth-order valence-corrected chi connectivity index (χ4v) is 5.17. The number of hydrogen-bond acceptors (Lipinski definition) is 3. The zero-order valence-electron chi connectivity index (χ0n) is 14.7. The van der Waals surface area contributed by atoms with Crippen LogP contribution in [0.1, 0.15) is 40.5 Å². The molecule has 0 radical (unpaired) electrons. The van der Waals surface area contributed by atoms with Crippen LogP contribution < -0.4 is 4.90 Å². The normalized spacial score (nSPS) is 29.2. The quantitative estimate of drug-likeness (QED) is 0.746. The predicted octanol–water partition coefficient (Wildman–Crippen LogP) is 3.26. The SMILES string of the molecule is Cc1cccc(N2C(=O)[C@@H]3[C@@H](C2=O)[C@@H]2C(=O)C[C@@H]3c3ccccc32)c1C. The number of carbonyl (C=O) groups is 3. The van der Waals surface area contributed by atoms with E-state index in [1.54, 1.807) is 0 Å². The van der Waals surface area contributed by atoms with Crippen molar-refractivity contribution >= 4 is 23.3 Å². The summed E-state index contributed by atoms with van der Waals surface area (Å²) in [5.74, 6) is -1.90. The van der Waals surface area contributed by atoms with Crippen molar-refractivity contribution in [2.75, 3.05) is 4.90 Å². The van der Waals surface area contributed by atoms with Crippen molar-refractivity contribution in [2.24, 2.45) is 11.8 Å². The Bertz CT molecular complexity index is 993. The molecule has 3 aliphatic carbocycles. The van der Waals surface area contributed by atoms with Gasteiger partial charge in [0.25, 0.3) is 0 Å². The first-order valence-electron chi connectivity index (χ1n) is 9.06. The second kappa shape index (κ2) is 5.13. The molecule has 1 aliphatic heterocycles. The van der Waals surface area contributed by atoms with E-state index >= 15 is 0 Å². The summed E-state index contributed by atoms with van der Waals surface area (Å²) >= 11 is 0. The Labute approximate surface area is 151 Å². The molecule has 2 fully saturated rings. The van der Waals surface area contributed by atoms with Gasteiger partial charge in [0, 0.05) is 12.3 Å². The first kappa shape index (κ1) is 15.5. The summed E-state index contributed by atoms with van der Waals surface area (Å²) in [4.78, 5) is 40.7. The number of imide groups is 1. The number of rotatable bonds is 1. The van der Waals surface area contributed by atoms with Crippen LogP contribution in [0.25, 0.3) is 0 Å². The molecule has 0 unspecified atom stereocenters. The summed E-state index contributed by atoms with van der Waals surface area (Å²) in [6, 6.07) is 13.5. The van der Waals surface area contributed by atoms with Gasteiger partial charge in [0.05, 0.1) is 23.4 Å². The molecule has 2 amide bonds. The standard InChI is InChI=1S/C22H19NO3/c1-11-6-5-9-16(12(11)2)23-21(25)19-15-10-17(24)18(20(19)22(23)26)14-8-4-3-7-13(14)15/h3-9,15,18-20H,10H2,1-2H3/t15-,18+,19+,20+/m1/s1. The minimum atomic E-state index is -0.552. The summed E-state index contributed by atoms with van der Waals surface area (Å²) in [7, 11) is 0. The number of aryl methyl sites for hydroxylation is 1. The van der Waals surface area contributed by atoms with Gasteiger partial charge in [0.1, 0.15) is 5.78 Å². The molecule has 1 saturated carbocycles. The lowest BCUT2D eigenvalue weighted by Gasteiger charge is -2.43. The number of benzene rings is 2. The largest absolute Gasteiger partial charge is 0.299 e. The number of anilines is 1. The van der Waals surface area contributed by atoms with Gasteiger partial charge in [-0.25, -0.2) is 4.90 Å². The first-order chi connectivity index (χ1) is 12.5. The minimum absolute atomic E-state index is 0.0962. The topological polar surface area (TPSA) is 54.5 Å². The van der Waals surface area contributed by atoms with Gasteiger partial charge in [-0.05, 0) is 42.2 Å². The van der Waals surface area contributed by atoms with Crippen LogP contribution in [0, 0.1) is 25.7 Å². The third kappa shape index (κ3) is 1.77. The van der Waals surface area contributed by atoms with Gasteiger partial charge in [-0.15, -0.1) is 0 Å². The number of fused-ring (bicyclic) bond motifs is 1. The minimum Gasteiger partial charge on any atom is -0.299 e. The van der Waals surface area contributed by atoms with E-state index < -0.39 is 17.8 Å². The highest BCUT2D eigenvalue weighted by Gasteiger charge is 2.62. The van der Waals surface area contributed by atoms with Crippen molar-refractivity contribution in [1.82, 2.24) is 0 Å². The molecule has 1 heterocycles. The molecule has 4 nitrogen and oxygen atoms in total. The average molecular weight is 345 g/mol. The third-order valence-electron chi connectivity index (χ3n) is 6.51. The molecule has 2 bridgehead atoms. The molecule has 6 rings (SSSR count). The third-order valence-corrected chi connectivity index (χ3v) is 6.51. The van der Waals surface area contributed by atoms with Gasteiger partial charge in [0.2, 0.25) is 11.8 Å². The van der Waals surface area contributed by atoms with Crippen molar-refractivity contribution in [2.45, 2.75) is 32.1 Å².